The van der Waals surface area contributed by atoms with Crippen molar-refractivity contribution < 1.29 is 23.5 Å². The number of carbonyl (C=O) groups is 2. The lowest BCUT2D eigenvalue weighted by atomic mass is 9.84. The average molecular weight is 470 g/mol. The van der Waals surface area contributed by atoms with Crippen LogP contribution in [-0.4, -0.2) is 35.0 Å². The molecule has 0 saturated carbocycles. The van der Waals surface area contributed by atoms with E-state index in [1.54, 1.807) is 24.3 Å². The number of hydrogen-bond acceptors (Lipinski definition) is 5. The van der Waals surface area contributed by atoms with Crippen molar-refractivity contribution in [2.75, 3.05) is 18.1 Å². The van der Waals surface area contributed by atoms with Gasteiger partial charge in [0.1, 0.15) is 11.4 Å². The van der Waals surface area contributed by atoms with Gasteiger partial charge in [0, 0.05) is 12.1 Å². The molecule has 0 bridgehead atoms. The number of aliphatic hydroxyl groups is 1. The molecule has 2 aliphatic heterocycles. The maximum atomic E-state index is 14.3. The number of carbonyl (C=O) groups excluding carboxylic acids is 2. The first kappa shape index (κ1) is 21.2. The summed E-state index contributed by atoms with van der Waals surface area (Å²) in [5.74, 6) is -2.10. The third kappa shape index (κ3) is 2.77. The fourth-order valence-corrected chi connectivity index (χ4v) is 5.29. The molecular formula is C27H19FN2O5. The second-order valence-electron chi connectivity index (χ2n) is 8.56. The SMILES string of the molecule is O=C1c2oc3ccc(F)cc3c(=O)c2C2(C(=O)N(Cc3ccccc3)c3ccccc32)N1CCO. The number of fused-ring (bicyclic) bond motifs is 5. The highest BCUT2D eigenvalue weighted by Crippen LogP contribution is 2.52. The van der Waals surface area contributed by atoms with Gasteiger partial charge in [0.15, 0.2) is 11.0 Å². The minimum atomic E-state index is -1.83. The van der Waals surface area contributed by atoms with E-state index in [1.807, 2.05) is 30.3 Å². The summed E-state index contributed by atoms with van der Waals surface area (Å²) < 4.78 is 19.9. The number of aliphatic hydroxyl groups excluding tert-OH is 1. The Kier molecular flexibility index (Phi) is 4.62. The number of para-hydroxylation sites is 1. The zero-order valence-corrected chi connectivity index (χ0v) is 18.4. The maximum absolute atomic E-state index is 14.3. The van der Waals surface area contributed by atoms with Crippen molar-refractivity contribution in [2.24, 2.45) is 0 Å². The fraction of sp³-hybridized carbons (Fsp3) is 0.148. The van der Waals surface area contributed by atoms with Gasteiger partial charge < -0.3 is 19.3 Å². The predicted octanol–water partition coefficient (Wildman–Crippen LogP) is 3.17. The first-order valence-corrected chi connectivity index (χ1v) is 11.1. The summed E-state index contributed by atoms with van der Waals surface area (Å²) in [6.45, 7) is -0.424. The van der Waals surface area contributed by atoms with E-state index in [-0.39, 0.29) is 35.4 Å². The van der Waals surface area contributed by atoms with Crippen LogP contribution in [0.3, 0.4) is 0 Å². The number of rotatable bonds is 4. The topological polar surface area (TPSA) is 91.1 Å². The van der Waals surface area contributed by atoms with Crippen LogP contribution in [0, 0.1) is 5.82 Å². The van der Waals surface area contributed by atoms with Gasteiger partial charge in [-0.3, -0.25) is 14.4 Å². The van der Waals surface area contributed by atoms with Crippen molar-refractivity contribution in [1.29, 1.82) is 0 Å². The van der Waals surface area contributed by atoms with Crippen LogP contribution in [0.1, 0.15) is 27.2 Å². The third-order valence-electron chi connectivity index (χ3n) is 6.70. The molecule has 174 valence electrons. The molecule has 35 heavy (non-hydrogen) atoms. The van der Waals surface area contributed by atoms with Crippen LogP contribution in [0.25, 0.3) is 11.0 Å². The van der Waals surface area contributed by atoms with E-state index in [1.165, 1.54) is 15.9 Å². The molecule has 2 aliphatic rings. The molecule has 4 aromatic rings. The average Bonchev–Trinajstić information content (AvgIpc) is 3.26. The molecule has 0 aliphatic carbocycles. The Labute approximate surface area is 198 Å². The van der Waals surface area contributed by atoms with E-state index in [4.69, 9.17) is 4.42 Å². The van der Waals surface area contributed by atoms with Crippen molar-refractivity contribution in [1.82, 2.24) is 4.90 Å². The number of benzene rings is 3. The maximum Gasteiger partial charge on any atom is 0.291 e. The zero-order chi connectivity index (χ0) is 24.3. The van der Waals surface area contributed by atoms with E-state index < -0.39 is 35.2 Å². The van der Waals surface area contributed by atoms with Gasteiger partial charge in [-0.2, -0.15) is 0 Å². The summed E-state index contributed by atoms with van der Waals surface area (Å²) in [5.41, 5.74) is -0.751. The number of halogens is 1. The van der Waals surface area contributed by atoms with Crippen LogP contribution in [0.4, 0.5) is 10.1 Å². The number of anilines is 1. The number of amides is 2. The highest BCUT2D eigenvalue weighted by Gasteiger charge is 2.64. The molecule has 1 spiro atoms. The summed E-state index contributed by atoms with van der Waals surface area (Å²) in [7, 11) is 0. The molecule has 0 fully saturated rings. The molecule has 1 aromatic heterocycles. The molecule has 3 aromatic carbocycles. The predicted molar refractivity (Wildman–Crippen MR) is 125 cm³/mol. The van der Waals surface area contributed by atoms with E-state index in [0.29, 0.717) is 11.3 Å². The van der Waals surface area contributed by atoms with Crippen LogP contribution >= 0.6 is 0 Å². The van der Waals surface area contributed by atoms with Crippen LogP contribution in [0.15, 0.2) is 82.0 Å². The van der Waals surface area contributed by atoms with Crippen LogP contribution in [0.5, 0.6) is 0 Å². The van der Waals surface area contributed by atoms with Gasteiger partial charge in [-0.1, -0.05) is 48.5 Å². The monoisotopic (exact) mass is 470 g/mol. The summed E-state index contributed by atoms with van der Waals surface area (Å²) in [4.78, 5) is 44.4. The van der Waals surface area contributed by atoms with Crippen LogP contribution in [-0.2, 0) is 16.9 Å². The lowest BCUT2D eigenvalue weighted by Gasteiger charge is -2.33. The number of nitrogens with zero attached hydrogens (tertiary/aromatic N) is 2. The minimum Gasteiger partial charge on any atom is -0.450 e. The molecule has 8 heteroatoms. The smallest absolute Gasteiger partial charge is 0.291 e. The van der Waals surface area contributed by atoms with Gasteiger partial charge in [0.05, 0.1) is 29.8 Å². The second kappa shape index (κ2) is 7.61. The van der Waals surface area contributed by atoms with Gasteiger partial charge in [-0.25, -0.2) is 4.39 Å². The zero-order valence-electron chi connectivity index (χ0n) is 18.4. The van der Waals surface area contributed by atoms with Gasteiger partial charge >= 0.3 is 0 Å². The largest absolute Gasteiger partial charge is 0.450 e. The number of β-amino-alcohol motifs (C(OH)–C–C–N with tert-alkyl or cyclic N) is 1. The normalized spacial score (nSPS) is 18.6. The summed E-state index contributed by atoms with van der Waals surface area (Å²) in [5, 5.41) is 9.76. The van der Waals surface area contributed by atoms with E-state index in [9.17, 15) is 23.9 Å². The lowest BCUT2D eigenvalue weighted by Crippen LogP contribution is -2.54. The Morgan fingerprint density at radius 2 is 1.69 bits per heavy atom. The van der Waals surface area contributed by atoms with Gasteiger partial charge in [-0.15, -0.1) is 0 Å². The molecule has 7 nitrogen and oxygen atoms in total. The van der Waals surface area contributed by atoms with E-state index >= 15 is 0 Å². The molecule has 2 amide bonds. The van der Waals surface area contributed by atoms with E-state index in [0.717, 1.165) is 17.7 Å². The highest BCUT2D eigenvalue weighted by molar-refractivity contribution is 6.17. The Morgan fingerprint density at radius 1 is 0.943 bits per heavy atom. The standard InChI is InChI=1S/C27H19FN2O5/c28-17-10-11-21-18(14-17)23(32)22-24(35-21)25(33)30(12-13-31)27(22)19-8-4-5-9-20(19)29(26(27)34)15-16-6-2-1-3-7-16/h1-11,14,31H,12-13,15H2. The molecule has 0 radical (unpaired) electrons. The summed E-state index contributed by atoms with van der Waals surface area (Å²) in [6.07, 6.45) is 0. The van der Waals surface area contributed by atoms with Gasteiger partial charge in [0.2, 0.25) is 5.76 Å². The van der Waals surface area contributed by atoms with Crippen molar-refractivity contribution in [3.8, 4) is 0 Å². The van der Waals surface area contributed by atoms with Crippen LogP contribution in [0.2, 0.25) is 0 Å². The summed E-state index contributed by atoms with van der Waals surface area (Å²) in [6, 6.07) is 19.8. The van der Waals surface area contributed by atoms with Crippen molar-refractivity contribution >= 4 is 28.5 Å². The molecule has 0 saturated heterocycles. The lowest BCUT2D eigenvalue weighted by molar-refractivity contribution is -0.126. The molecular weight excluding hydrogens is 451 g/mol. The molecule has 1 unspecified atom stereocenters. The Hall–Kier alpha value is -4.30. The van der Waals surface area contributed by atoms with Crippen LogP contribution < -0.4 is 10.3 Å². The van der Waals surface area contributed by atoms with Gasteiger partial charge in [0.25, 0.3) is 11.8 Å². The van der Waals surface area contributed by atoms with Gasteiger partial charge in [-0.05, 0) is 29.8 Å². The van der Waals surface area contributed by atoms with Crippen molar-refractivity contribution in [3.63, 3.8) is 0 Å². The molecule has 1 N–H and O–H groups in total. The molecule has 3 heterocycles. The van der Waals surface area contributed by atoms with Crippen molar-refractivity contribution in [3.05, 3.63) is 111 Å². The minimum absolute atomic E-state index is 0.0457. The Balaban J connectivity index is 1.67. The Bertz CT molecular complexity index is 1580. The second-order valence-corrected chi connectivity index (χ2v) is 8.56. The Morgan fingerprint density at radius 3 is 2.46 bits per heavy atom. The molecule has 1 atom stereocenters. The quantitative estimate of drug-likeness (QED) is 0.495. The first-order chi connectivity index (χ1) is 17.0. The first-order valence-electron chi connectivity index (χ1n) is 11.1. The number of hydrogen-bond donors (Lipinski definition) is 1. The third-order valence-corrected chi connectivity index (χ3v) is 6.70. The van der Waals surface area contributed by atoms with E-state index in [2.05, 4.69) is 0 Å². The highest BCUT2D eigenvalue weighted by atomic mass is 19.1. The fourth-order valence-electron chi connectivity index (χ4n) is 5.29. The van der Waals surface area contributed by atoms with Crippen molar-refractivity contribution in [2.45, 2.75) is 12.1 Å². The molecule has 6 rings (SSSR count). The summed E-state index contributed by atoms with van der Waals surface area (Å²) >= 11 is 0.